The number of nitrogens with one attached hydrogen (secondary N) is 1. The zero-order valence-electron chi connectivity index (χ0n) is 15.1. The maximum absolute atomic E-state index is 12.3. The Morgan fingerprint density at radius 1 is 1.20 bits per heavy atom. The Labute approximate surface area is 147 Å². The standard InChI is InChI=1S/C19H23N5O/c1-12(2)15-5-7-16(8-6-15)23-18(25)10-9-17-13(3)22-19-20-11-21-24(19)14(17)4/h5-8,11-12H,9-10H2,1-4H3,(H,23,25). The number of hydrogen-bond acceptors (Lipinski definition) is 4. The topological polar surface area (TPSA) is 72.2 Å². The normalized spacial score (nSPS) is 11.2. The number of anilines is 1. The first-order chi connectivity index (χ1) is 12.0. The van der Waals surface area contributed by atoms with Crippen LogP contribution in [0.3, 0.4) is 0 Å². The van der Waals surface area contributed by atoms with Gasteiger partial charge in [-0.2, -0.15) is 10.1 Å². The van der Waals surface area contributed by atoms with Crippen molar-refractivity contribution in [2.24, 2.45) is 0 Å². The molecule has 0 radical (unpaired) electrons. The van der Waals surface area contributed by atoms with Crippen LogP contribution in [0.5, 0.6) is 0 Å². The number of carbonyl (C=O) groups is 1. The van der Waals surface area contributed by atoms with Crippen molar-refractivity contribution in [3.8, 4) is 0 Å². The summed E-state index contributed by atoms with van der Waals surface area (Å²) in [5.41, 5.74) is 5.01. The second-order valence-corrected chi connectivity index (χ2v) is 6.56. The van der Waals surface area contributed by atoms with E-state index in [1.807, 2.05) is 26.0 Å². The van der Waals surface area contributed by atoms with E-state index < -0.39 is 0 Å². The van der Waals surface area contributed by atoms with Crippen LogP contribution < -0.4 is 5.32 Å². The zero-order valence-corrected chi connectivity index (χ0v) is 15.1. The minimum Gasteiger partial charge on any atom is -0.326 e. The average molecular weight is 337 g/mol. The van der Waals surface area contributed by atoms with Gasteiger partial charge in [-0.05, 0) is 49.4 Å². The van der Waals surface area contributed by atoms with Crippen molar-refractivity contribution in [1.82, 2.24) is 19.6 Å². The van der Waals surface area contributed by atoms with Crippen molar-refractivity contribution in [2.75, 3.05) is 5.32 Å². The van der Waals surface area contributed by atoms with Gasteiger partial charge in [0, 0.05) is 23.5 Å². The van der Waals surface area contributed by atoms with E-state index in [1.54, 1.807) is 4.52 Å². The van der Waals surface area contributed by atoms with Gasteiger partial charge < -0.3 is 5.32 Å². The molecule has 0 spiro atoms. The lowest BCUT2D eigenvalue weighted by molar-refractivity contribution is -0.116. The molecule has 25 heavy (non-hydrogen) atoms. The molecular formula is C19H23N5O. The molecule has 6 heteroatoms. The van der Waals surface area contributed by atoms with Crippen LogP contribution in [0.25, 0.3) is 5.78 Å². The fourth-order valence-corrected chi connectivity index (χ4v) is 2.93. The molecule has 0 aliphatic carbocycles. The summed E-state index contributed by atoms with van der Waals surface area (Å²) in [7, 11) is 0. The van der Waals surface area contributed by atoms with Crippen molar-refractivity contribution in [2.45, 2.75) is 46.5 Å². The molecule has 0 saturated heterocycles. The van der Waals surface area contributed by atoms with E-state index in [2.05, 4.69) is 46.4 Å². The van der Waals surface area contributed by atoms with Gasteiger partial charge >= 0.3 is 0 Å². The van der Waals surface area contributed by atoms with Crippen molar-refractivity contribution >= 4 is 17.4 Å². The van der Waals surface area contributed by atoms with Gasteiger partial charge in [0.2, 0.25) is 5.91 Å². The van der Waals surface area contributed by atoms with E-state index in [4.69, 9.17) is 0 Å². The minimum atomic E-state index is -0.00483. The number of aromatic nitrogens is 4. The van der Waals surface area contributed by atoms with E-state index in [0.29, 0.717) is 24.5 Å². The number of carbonyl (C=O) groups excluding carboxylic acids is 1. The first kappa shape index (κ1) is 17.1. The van der Waals surface area contributed by atoms with Gasteiger partial charge in [0.1, 0.15) is 6.33 Å². The van der Waals surface area contributed by atoms with Crippen molar-refractivity contribution in [3.63, 3.8) is 0 Å². The Balaban J connectivity index is 1.66. The Morgan fingerprint density at radius 2 is 1.92 bits per heavy atom. The molecule has 3 aromatic rings. The van der Waals surface area contributed by atoms with Gasteiger partial charge in [-0.3, -0.25) is 4.79 Å². The fraction of sp³-hybridized carbons (Fsp3) is 0.368. The lowest BCUT2D eigenvalue weighted by atomic mass is 10.0. The van der Waals surface area contributed by atoms with Crippen molar-refractivity contribution in [3.05, 3.63) is 53.1 Å². The Bertz CT molecular complexity index is 896. The Kier molecular flexibility index (Phi) is 4.79. The molecular weight excluding hydrogens is 314 g/mol. The summed E-state index contributed by atoms with van der Waals surface area (Å²) < 4.78 is 1.71. The van der Waals surface area contributed by atoms with Gasteiger partial charge in [0.25, 0.3) is 5.78 Å². The van der Waals surface area contributed by atoms with Crippen molar-refractivity contribution in [1.29, 1.82) is 0 Å². The summed E-state index contributed by atoms with van der Waals surface area (Å²) in [6.07, 6.45) is 2.51. The number of nitrogens with zero attached hydrogens (tertiary/aromatic N) is 4. The number of benzene rings is 1. The quantitative estimate of drug-likeness (QED) is 0.774. The summed E-state index contributed by atoms with van der Waals surface area (Å²) in [5.74, 6) is 1.07. The van der Waals surface area contributed by atoms with Crippen LogP contribution in [0.4, 0.5) is 5.69 Å². The highest BCUT2D eigenvalue weighted by Crippen LogP contribution is 2.18. The molecule has 0 atom stereocenters. The van der Waals surface area contributed by atoms with Crippen LogP contribution in [-0.2, 0) is 11.2 Å². The molecule has 0 aliphatic heterocycles. The van der Waals surface area contributed by atoms with Gasteiger partial charge in [0.15, 0.2) is 0 Å². The van der Waals surface area contributed by atoms with Crippen LogP contribution in [0.1, 0.15) is 48.7 Å². The number of rotatable bonds is 5. The molecule has 1 N–H and O–H groups in total. The van der Waals surface area contributed by atoms with Gasteiger partial charge in [-0.1, -0.05) is 26.0 Å². The molecule has 0 bridgehead atoms. The smallest absolute Gasteiger partial charge is 0.252 e. The molecule has 2 heterocycles. The van der Waals surface area contributed by atoms with Crippen LogP contribution in [0, 0.1) is 13.8 Å². The van der Waals surface area contributed by atoms with Gasteiger partial charge in [-0.15, -0.1) is 0 Å². The number of amides is 1. The second kappa shape index (κ2) is 7.01. The largest absolute Gasteiger partial charge is 0.326 e. The third kappa shape index (κ3) is 3.68. The van der Waals surface area contributed by atoms with E-state index in [9.17, 15) is 4.79 Å². The summed E-state index contributed by atoms with van der Waals surface area (Å²) in [5, 5.41) is 7.14. The van der Waals surface area contributed by atoms with Crippen LogP contribution in [-0.4, -0.2) is 25.5 Å². The lowest BCUT2D eigenvalue weighted by Crippen LogP contribution is -2.14. The van der Waals surface area contributed by atoms with Crippen LogP contribution in [0.15, 0.2) is 30.6 Å². The molecule has 1 amide bonds. The van der Waals surface area contributed by atoms with Crippen LogP contribution >= 0.6 is 0 Å². The first-order valence-corrected chi connectivity index (χ1v) is 8.51. The van der Waals surface area contributed by atoms with E-state index in [-0.39, 0.29) is 5.91 Å². The number of fused-ring (bicyclic) bond motifs is 1. The Morgan fingerprint density at radius 3 is 2.60 bits per heavy atom. The average Bonchev–Trinajstić information content (AvgIpc) is 3.03. The molecule has 6 nitrogen and oxygen atoms in total. The Hall–Kier alpha value is -2.76. The maximum atomic E-state index is 12.3. The van der Waals surface area contributed by atoms with Gasteiger partial charge in [0.05, 0.1) is 0 Å². The minimum absolute atomic E-state index is 0.00483. The SMILES string of the molecule is Cc1nc2ncnn2c(C)c1CCC(=O)Nc1ccc(C(C)C)cc1. The van der Waals surface area contributed by atoms with E-state index in [1.165, 1.54) is 11.9 Å². The third-order valence-corrected chi connectivity index (χ3v) is 4.45. The predicted octanol–water partition coefficient (Wildman–Crippen LogP) is 3.44. The molecule has 3 rings (SSSR count). The van der Waals surface area contributed by atoms with Crippen LogP contribution in [0.2, 0.25) is 0 Å². The maximum Gasteiger partial charge on any atom is 0.252 e. The summed E-state index contributed by atoms with van der Waals surface area (Å²) in [6, 6.07) is 8.01. The summed E-state index contributed by atoms with van der Waals surface area (Å²) in [6.45, 7) is 8.23. The molecule has 0 saturated carbocycles. The van der Waals surface area contributed by atoms with Gasteiger partial charge in [-0.25, -0.2) is 9.50 Å². The second-order valence-electron chi connectivity index (χ2n) is 6.56. The molecule has 130 valence electrons. The molecule has 0 fully saturated rings. The van der Waals surface area contributed by atoms with E-state index in [0.717, 1.165) is 22.6 Å². The highest BCUT2D eigenvalue weighted by atomic mass is 16.1. The lowest BCUT2D eigenvalue weighted by Gasteiger charge is -2.11. The zero-order chi connectivity index (χ0) is 18.0. The van der Waals surface area contributed by atoms with Crippen molar-refractivity contribution < 1.29 is 4.79 Å². The monoisotopic (exact) mass is 337 g/mol. The molecule has 0 aliphatic rings. The molecule has 0 unspecified atom stereocenters. The molecule has 2 aromatic heterocycles. The summed E-state index contributed by atoms with van der Waals surface area (Å²) in [4.78, 5) is 20.8. The fourth-order valence-electron chi connectivity index (χ4n) is 2.93. The highest BCUT2D eigenvalue weighted by Gasteiger charge is 2.12. The number of aryl methyl sites for hydroxylation is 2. The predicted molar refractivity (Wildman–Crippen MR) is 97.7 cm³/mol. The first-order valence-electron chi connectivity index (χ1n) is 8.51. The highest BCUT2D eigenvalue weighted by molar-refractivity contribution is 5.90. The van der Waals surface area contributed by atoms with E-state index >= 15 is 0 Å². The molecule has 1 aromatic carbocycles. The number of hydrogen-bond donors (Lipinski definition) is 1. The summed E-state index contributed by atoms with van der Waals surface area (Å²) >= 11 is 0. The third-order valence-electron chi connectivity index (χ3n) is 4.45.